The van der Waals surface area contributed by atoms with Crippen LogP contribution < -0.4 is 4.90 Å². The van der Waals surface area contributed by atoms with Gasteiger partial charge in [-0.3, -0.25) is 4.79 Å². The first-order valence-corrected chi connectivity index (χ1v) is 5.13. The average Bonchev–Trinajstić information content (AvgIpc) is 2.59. The Balaban J connectivity index is 2.48. The predicted octanol–water partition coefficient (Wildman–Crippen LogP) is 1.87. The summed E-state index contributed by atoms with van der Waals surface area (Å²) in [5.41, 5.74) is 3.35. The van der Waals surface area contributed by atoms with Gasteiger partial charge in [0.1, 0.15) is 0 Å². The van der Waals surface area contributed by atoms with Gasteiger partial charge >= 0.3 is 5.97 Å². The third-order valence-corrected chi connectivity index (χ3v) is 3.03. The van der Waals surface area contributed by atoms with Crippen LogP contribution in [0.1, 0.15) is 23.5 Å². The summed E-state index contributed by atoms with van der Waals surface area (Å²) in [5, 5.41) is 9.08. The van der Waals surface area contributed by atoms with Crippen LogP contribution in [0.4, 0.5) is 5.69 Å². The topological polar surface area (TPSA) is 40.5 Å². The van der Waals surface area contributed by atoms with Crippen molar-refractivity contribution in [1.82, 2.24) is 0 Å². The van der Waals surface area contributed by atoms with Gasteiger partial charge in [-0.1, -0.05) is 12.1 Å². The third kappa shape index (κ3) is 1.58. The second kappa shape index (κ2) is 3.57. The number of anilines is 1. The van der Waals surface area contributed by atoms with E-state index in [1.807, 2.05) is 37.2 Å². The lowest BCUT2D eigenvalue weighted by Crippen LogP contribution is -2.12. The minimum atomic E-state index is -0.704. The summed E-state index contributed by atoms with van der Waals surface area (Å²) in [5.74, 6) is -1.01. The Hall–Kier alpha value is -1.51. The Morgan fingerprint density at radius 3 is 2.80 bits per heavy atom. The van der Waals surface area contributed by atoms with Crippen LogP contribution >= 0.6 is 0 Å². The van der Waals surface area contributed by atoms with Gasteiger partial charge in [-0.15, -0.1) is 0 Å². The van der Waals surface area contributed by atoms with E-state index in [1.165, 1.54) is 5.56 Å². The van der Waals surface area contributed by atoms with Crippen LogP contribution in [0.2, 0.25) is 0 Å². The number of carboxylic acid groups (broad SMARTS) is 1. The fourth-order valence-electron chi connectivity index (χ4n) is 2.31. The summed E-state index contributed by atoms with van der Waals surface area (Å²) < 4.78 is 0. The van der Waals surface area contributed by atoms with Gasteiger partial charge in [0, 0.05) is 19.8 Å². The first-order chi connectivity index (χ1) is 7.11. The zero-order valence-corrected chi connectivity index (χ0v) is 9.03. The molecule has 15 heavy (non-hydrogen) atoms. The smallest absolute Gasteiger partial charge is 0.310 e. The van der Waals surface area contributed by atoms with Gasteiger partial charge < -0.3 is 10.0 Å². The Morgan fingerprint density at radius 2 is 2.20 bits per heavy atom. The Kier molecular flexibility index (Phi) is 2.39. The highest BCUT2D eigenvalue weighted by Gasteiger charge is 2.29. The van der Waals surface area contributed by atoms with Crippen LogP contribution in [0.15, 0.2) is 18.2 Å². The number of nitrogens with zero attached hydrogens (tertiary/aromatic N) is 1. The second-order valence-corrected chi connectivity index (χ2v) is 4.17. The fourth-order valence-corrected chi connectivity index (χ4v) is 2.31. The Bertz CT molecular complexity index is 399. The summed E-state index contributed by atoms with van der Waals surface area (Å²) in [6, 6.07) is 5.92. The van der Waals surface area contributed by atoms with Gasteiger partial charge in [-0.2, -0.15) is 0 Å². The van der Waals surface area contributed by atoms with E-state index in [2.05, 4.69) is 0 Å². The zero-order chi connectivity index (χ0) is 11.0. The molecule has 1 aromatic rings. The molecule has 0 heterocycles. The van der Waals surface area contributed by atoms with Crippen LogP contribution in [-0.4, -0.2) is 25.2 Å². The number of aliphatic carboxylic acids is 1. The molecule has 0 amide bonds. The Labute approximate surface area is 89.3 Å². The number of carbonyl (C=O) groups is 1. The lowest BCUT2D eigenvalue weighted by molar-refractivity contribution is -0.138. The van der Waals surface area contributed by atoms with E-state index in [-0.39, 0.29) is 5.92 Å². The molecule has 1 aliphatic carbocycles. The van der Waals surface area contributed by atoms with Crippen molar-refractivity contribution in [2.45, 2.75) is 18.8 Å². The second-order valence-electron chi connectivity index (χ2n) is 4.17. The summed E-state index contributed by atoms with van der Waals surface area (Å²) in [6.45, 7) is 0. The van der Waals surface area contributed by atoms with E-state index in [4.69, 9.17) is 5.11 Å². The van der Waals surface area contributed by atoms with E-state index < -0.39 is 5.97 Å². The lowest BCUT2D eigenvalue weighted by Gasteiger charge is -2.17. The molecule has 0 aliphatic heterocycles. The molecule has 1 aliphatic rings. The van der Waals surface area contributed by atoms with Crippen molar-refractivity contribution in [3.63, 3.8) is 0 Å². The average molecular weight is 205 g/mol. The molecule has 0 bridgehead atoms. The highest BCUT2D eigenvalue weighted by atomic mass is 16.4. The molecule has 0 fully saturated rings. The molecule has 1 aromatic carbocycles. The van der Waals surface area contributed by atoms with Crippen molar-refractivity contribution < 1.29 is 9.90 Å². The molecule has 0 saturated carbocycles. The maximum Gasteiger partial charge on any atom is 0.310 e. The minimum Gasteiger partial charge on any atom is -0.481 e. The van der Waals surface area contributed by atoms with E-state index in [9.17, 15) is 4.79 Å². The maximum absolute atomic E-state index is 11.0. The minimum absolute atomic E-state index is 0.306. The molecule has 1 unspecified atom stereocenters. The number of hydrogen-bond acceptors (Lipinski definition) is 2. The van der Waals surface area contributed by atoms with E-state index >= 15 is 0 Å². The quantitative estimate of drug-likeness (QED) is 0.801. The van der Waals surface area contributed by atoms with Crippen molar-refractivity contribution in [2.24, 2.45) is 0 Å². The van der Waals surface area contributed by atoms with Crippen molar-refractivity contribution in [3.05, 3.63) is 29.3 Å². The molecule has 2 rings (SSSR count). The number of carboxylic acids is 1. The van der Waals surface area contributed by atoms with Gasteiger partial charge in [0.2, 0.25) is 0 Å². The predicted molar refractivity (Wildman–Crippen MR) is 59.5 cm³/mol. The van der Waals surface area contributed by atoms with Gasteiger partial charge in [-0.25, -0.2) is 0 Å². The van der Waals surface area contributed by atoms with Gasteiger partial charge in [-0.05, 0) is 30.0 Å². The van der Waals surface area contributed by atoms with Crippen LogP contribution in [0.3, 0.4) is 0 Å². The monoisotopic (exact) mass is 205 g/mol. The van der Waals surface area contributed by atoms with Gasteiger partial charge in [0.05, 0.1) is 5.92 Å². The molecule has 3 heteroatoms. The maximum atomic E-state index is 11.0. The standard InChI is InChI=1S/C12H15NO2/c1-13(2)11-5-3-4-8-9(11)6-7-10(8)12(14)15/h3-5,10H,6-7H2,1-2H3,(H,14,15). The third-order valence-electron chi connectivity index (χ3n) is 3.03. The first-order valence-electron chi connectivity index (χ1n) is 5.13. The largest absolute Gasteiger partial charge is 0.481 e. The number of hydrogen-bond donors (Lipinski definition) is 1. The highest BCUT2D eigenvalue weighted by Crippen LogP contribution is 2.38. The van der Waals surface area contributed by atoms with Crippen LogP contribution in [0.25, 0.3) is 0 Å². The van der Waals surface area contributed by atoms with E-state index in [0.29, 0.717) is 0 Å². The van der Waals surface area contributed by atoms with Crippen LogP contribution in [0.5, 0.6) is 0 Å². The zero-order valence-electron chi connectivity index (χ0n) is 9.03. The molecule has 0 radical (unpaired) electrons. The molecular weight excluding hydrogens is 190 g/mol. The van der Waals surface area contributed by atoms with Gasteiger partial charge in [0.15, 0.2) is 0 Å². The highest BCUT2D eigenvalue weighted by molar-refractivity contribution is 5.79. The summed E-state index contributed by atoms with van der Waals surface area (Å²) >= 11 is 0. The molecule has 0 spiro atoms. The molecule has 0 aromatic heterocycles. The summed E-state index contributed by atoms with van der Waals surface area (Å²) in [7, 11) is 3.98. The lowest BCUT2D eigenvalue weighted by atomic mass is 10.0. The molecular formula is C12H15NO2. The van der Waals surface area contributed by atoms with Crippen molar-refractivity contribution in [3.8, 4) is 0 Å². The molecule has 0 saturated heterocycles. The molecule has 1 N–H and O–H groups in total. The SMILES string of the molecule is CN(C)c1cccc2c1CCC2C(=O)O. The molecule has 80 valence electrons. The number of benzene rings is 1. The number of fused-ring (bicyclic) bond motifs is 1. The first kappa shape index (κ1) is 10.0. The van der Waals surface area contributed by atoms with Crippen molar-refractivity contribution >= 4 is 11.7 Å². The summed E-state index contributed by atoms with van der Waals surface area (Å²) in [6.07, 6.45) is 1.61. The van der Waals surface area contributed by atoms with Gasteiger partial charge in [0.25, 0.3) is 0 Å². The summed E-state index contributed by atoms with van der Waals surface area (Å²) in [4.78, 5) is 13.1. The van der Waals surface area contributed by atoms with E-state index in [1.54, 1.807) is 0 Å². The molecule has 1 atom stereocenters. The number of rotatable bonds is 2. The van der Waals surface area contributed by atoms with Crippen LogP contribution in [0, 0.1) is 0 Å². The normalized spacial score (nSPS) is 18.7. The van der Waals surface area contributed by atoms with Crippen molar-refractivity contribution in [1.29, 1.82) is 0 Å². The van der Waals surface area contributed by atoms with E-state index in [0.717, 1.165) is 24.1 Å². The van der Waals surface area contributed by atoms with Crippen molar-refractivity contribution in [2.75, 3.05) is 19.0 Å². The Morgan fingerprint density at radius 1 is 1.47 bits per heavy atom. The molecule has 3 nitrogen and oxygen atoms in total. The van der Waals surface area contributed by atoms with Crippen LogP contribution in [-0.2, 0) is 11.2 Å². The fraction of sp³-hybridized carbons (Fsp3) is 0.417.